The molecule has 0 radical (unpaired) electrons. The van der Waals surface area contributed by atoms with Crippen LogP contribution in [-0.4, -0.2) is 34.0 Å². The summed E-state index contributed by atoms with van der Waals surface area (Å²) in [6.07, 6.45) is 38.0. The van der Waals surface area contributed by atoms with E-state index in [1.807, 2.05) is 0 Å². The molecule has 0 bridgehead atoms. The SMILES string of the molecule is C1CCC(P(C2CCCC2)C2CCCC2)C1.C1CCC(P(C2CCCC2)C2CCCC2)C1.[Cl][Ru][Cl]. The summed E-state index contributed by atoms with van der Waals surface area (Å²) in [6.45, 7) is 0. The third kappa shape index (κ3) is 9.03. The van der Waals surface area contributed by atoms with Gasteiger partial charge in [-0.25, -0.2) is 0 Å². The van der Waals surface area contributed by atoms with Crippen molar-refractivity contribution in [3.05, 3.63) is 0 Å². The van der Waals surface area contributed by atoms with Gasteiger partial charge in [-0.1, -0.05) is 92.9 Å². The van der Waals surface area contributed by atoms with Gasteiger partial charge in [0, 0.05) is 0 Å². The molecule has 6 fully saturated rings. The first kappa shape index (κ1) is 30.0. The third-order valence-corrected chi connectivity index (χ3v) is 18.6. The minimum absolute atomic E-state index is 0.346. The van der Waals surface area contributed by atoms with Crippen molar-refractivity contribution in [2.75, 3.05) is 0 Å². The first-order chi connectivity index (χ1) is 17.3. The van der Waals surface area contributed by atoms with Crippen molar-refractivity contribution in [1.29, 1.82) is 0 Å². The maximum absolute atomic E-state index is 4.85. The van der Waals surface area contributed by atoms with Crippen LogP contribution in [0.1, 0.15) is 154 Å². The van der Waals surface area contributed by atoms with Crippen LogP contribution in [0.5, 0.6) is 0 Å². The number of hydrogen-bond donors (Lipinski definition) is 0. The Hall–Kier alpha value is 2.06. The fourth-order valence-corrected chi connectivity index (χ4v) is 18.3. The van der Waals surface area contributed by atoms with Crippen molar-refractivity contribution in [3.8, 4) is 0 Å². The molecule has 6 rings (SSSR count). The summed E-state index contributed by atoms with van der Waals surface area (Å²) in [5.74, 6) is 0. The summed E-state index contributed by atoms with van der Waals surface area (Å²) < 4.78 is 0. The van der Waals surface area contributed by atoms with Gasteiger partial charge in [0.05, 0.1) is 0 Å². The topological polar surface area (TPSA) is 0 Å². The van der Waals surface area contributed by atoms with Gasteiger partial charge in [0.2, 0.25) is 0 Å². The molecule has 0 heterocycles. The molecule has 0 aromatic rings. The summed E-state index contributed by atoms with van der Waals surface area (Å²) in [4.78, 5) is 0. The molecule has 206 valence electrons. The number of rotatable bonds is 6. The molecule has 6 aliphatic rings. The zero-order valence-electron chi connectivity index (χ0n) is 22.4. The second-order valence-electron chi connectivity index (χ2n) is 12.6. The van der Waals surface area contributed by atoms with E-state index in [1.54, 1.807) is 154 Å². The minimum atomic E-state index is -0.346. The van der Waals surface area contributed by atoms with Crippen molar-refractivity contribution in [3.63, 3.8) is 0 Å². The average Bonchev–Trinajstić information content (AvgIpc) is 3.70. The van der Waals surface area contributed by atoms with Crippen LogP contribution in [0.2, 0.25) is 0 Å². The zero-order valence-corrected chi connectivity index (χ0v) is 27.5. The van der Waals surface area contributed by atoms with E-state index in [9.17, 15) is 0 Å². The molecule has 0 nitrogen and oxygen atoms in total. The van der Waals surface area contributed by atoms with Crippen LogP contribution < -0.4 is 0 Å². The fraction of sp³-hybridized carbons (Fsp3) is 1.00. The molecule has 35 heavy (non-hydrogen) atoms. The van der Waals surface area contributed by atoms with E-state index in [1.165, 1.54) is 34.0 Å². The second-order valence-corrected chi connectivity index (χ2v) is 21.4. The Labute approximate surface area is 237 Å². The monoisotopic (exact) mass is 648 g/mol. The quantitative estimate of drug-likeness (QED) is 0.199. The molecule has 0 saturated heterocycles. The standard InChI is InChI=1S/2C15H27P.2ClH.Ru/c2*1-2-8-13(7-1)16(14-9-3-4-10-14)15-11-5-6-12-15;;;/h2*13-15H,1-12H2;2*1H;/q;;;;+2/p-2. The van der Waals surface area contributed by atoms with Crippen molar-refractivity contribution < 1.29 is 15.1 Å². The molecular weight excluding hydrogens is 594 g/mol. The van der Waals surface area contributed by atoms with Crippen LogP contribution in [0, 0.1) is 0 Å². The molecule has 0 aliphatic heterocycles. The summed E-state index contributed by atoms with van der Waals surface area (Å²) in [5, 5.41) is 0. The number of hydrogen-bond acceptors (Lipinski definition) is 0. The van der Waals surface area contributed by atoms with E-state index in [0.717, 1.165) is 0 Å². The molecule has 0 amide bonds. The van der Waals surface area contributed by atoms with Gasteiger partial charge in [-0.05, 0) is 111 Å². The second kappa shape index (κ2) is 17.0. The van der Waals surface area contributed by atoms with Crippen LogP contribution in [0.25, 0.3) is 0 Å². The Balaban J connectivity index is 0.000000149. The molecule has 6 aliphatic carbocycles. The van der Waals surface area contributed by atoms with Crippen LogP contribution in [0.15, 0.2) is 0 Å². The third-order valence-electron chi connectivity index (χ3n) is 10.5. The van der Waals surface area contributed by atoms with Gasteiger partial charge in [-0.15, -0.1) is 0 Å². The summed E-state index contributed by atoms with van der Waals surface area (Å²) >= 11 is -0.346. The predicted octanol–water partition coefficient (Wildman–Crippen LogP) is 12.0. The molecule has 0 aromatic heterocycles. The first-order valence-electron chi connectivity index (χ1n) is 15.7. The van der Waals surface area contributed by atoms with Crippen LogP contribution in [0.4, 0.5) is 0 Å². The predicted molar refractivity (Wildman–Crippen MR) is 159 cm³/mol. The van der Waals surface area contributed by atoms with Crippen LogP contribution >= 0.6 is 35.2 Å². The molecule has 0 unspecified atom stereocenters. The summed E-state index contributed by atoms with van der Waals surface area (Å²) in [7, 11) is 10.6. The van der Waals surface area contributed by atoms with E-state index < -0.39 is 0 Å². The van der Waals surface area contributed by atoms with E-state index in [2.05, 4.69) is 0 Å². The van der Waals surface area contributed by atoms with E-state index >= 15 is 0 Å². The molecule has 5 heteroatoms. The van der Waals surface area contributed by atoms with E-state index in [4.69, 9.17) is 19.4 Å². The normalized spacial score (nSPS) is 27.9. The Kier molecular flexibility index (Phi) is 14.6. The summed E-state index contributed by atoms with van der Waals surface area (Å²) in [5.41, 5.74) is 7.26. The molecule has 0 aromatic carbocycles. The van der Waals surface area contributed by atoms with Crippen molar-refractivity contribution in [1.82, 2.24) is 0 Å². The van der Waals surface area contributed by atoms with Crippen molar-refractivity contribution >= 4 is 35.2 Å². The van der Waals surface area contributed by atoms with Crippen molar-refractivity contribution in [2.24, 2.45) is 0 Å². The van der Waals surface area contributed by atoms with E-state index in [0.29, 0.717) is 15.8 Å². The number of halogens is 2. The molecular formula is C30H54Cl2P2Ru. The van der Waals surface area contributed by atoms with Gasteiger partial charge in [-0.2, -0.15) is 0 Å². The molecule has 6 saturated carbocycles. The van der Waals surface area contributed by atoms with Crippen LogP contribution in [-0.2, 0) is 15.1 Å². The van der Waals surface area contributed by atoms with E-state index in [-0.39, 0.29) is 15.1 Å². The average molecular weight is 649 g/mol. The molecule has 0 N–H and O–H groups in total. The summed E-state index contributed by atoms with van der Waals surface area (Å²) in [6, 6.07) is 0. The van der Waals surface area contributed by atoms with Gasteiger partial charge in [0.25, 0.3) is 0 Å². The maximum atomic E-state index is 4.85. The first-order valence-corrected chi connectivity index (χ1v) is 23.3. The van der Waals surface area contributed by atoms with Gasteiger partial charge < -0.3 is 0 Å². The van der Waals surface area contributed by atoms with Gasteiger partial charge >= 0.3 is 34.5 Å². The van der Waals surface area contributed by atoms with Gasteiger partial charge in [-0.3, -0.25) is 0 Å². The Morgan fingerprint density at radius 2 is 0.429 bits per heavy atom. The zero-order chi connectivity index (χ0) is 24.3. The van der Waals surface area contributed by atoms with Crippen LogP contribution in [0.3, 0.4) is 0 Å². The Bertz CT molecular complexity index is 418. The van der Waals surface area contributed by atoms with Gasteiger partial charge in [0.1, 0.15) is 0 Å². The Morgan fingerprint density at radius 3 is 0.543 bits per heavy atom. The Morgan fingerprint density at radius 1 is 0.314 bits per heavy atom. The molecule has 0 atom stereocenters. The molecule has 0 spiro atoms. The fourth-order valence-electron chi connectivity index (χ4n) is 9.00. The van der Waals surface area contributed by atoms with Gasteiger partial charge in [0.15, 0.2) is 0 Å². The van der Waals surface area contributed by atoms with Crippen molar-refractivity contribution in [2.45, 2.75) is 188 Å².